The monoisotopic (exact) mass is 239 g/mol. The number of Topliss-reactive ketones (excluding diaryl/α,β-unsaturated/α-hetero) is 1. The zero-order valence-electron chi connectivity index (χ0n) is 9.78. The van der Waals surface area contributed by atoms with E-state index in [1.165, 1.54) is 0 Å². The Balaban J connectivity index is 2.18. The van der Waals surface area contributed by atoms with Crippen molar-refractivity contribution in [3.8, 4) is 0 Å². The molecule has 0 unspecified atom stereocenters. The Morgan fingerprint density at radius 3 is 2.06 bits per heavy atom. The first-order valence-corrected chi connectivity index (χ1v) is 5.66. The summed E-state index contributed by atoms with van der Waals surface area (Å²) in [6.07, 6.45) is 0.231. The number of oxime groups is 1. The Bertz CT molecular complexity index is 547. The summed E-state index contributed by atoms with van der Waals surface area (Å²) in [5, 5.41) is 12.1. The fourth-order valence-corrected chi connectivity index (χ4v) is 1.74. The Labute approximate surface area is 105 Å². The second-order valence-electron chi connectivity index (χ2n) is 3.90. The van der Waals surface area contributed by atoms with E-state index in [4.69, 9.17) is 5.21 Å². The van der Waals surface area contributed by atoms with E-state index in [1.54, 1.807) is 24.3 Å². The normalized spacial score (nSPS) is 11.2. The van der Waals surface area contributed by atoms with Crippen LogP contribution >= 0.6 is 0 Å². The van der Waals surface area contributed by atoms with E-state index in [2.05, 4.69) is 5.16 Å². The highest BCUT2D eigenvalue weighted by Crippen LogP contribution is 2.06. The molecular formula is C15H13NO2. The molecule has 0 saturated carbocycles. The first kappa shape index (κ1) is 12.0. The second-order valence-corrected chi connectivity index (χ2v) is 3.90. The van der Waals surface area contributed by atoms with Crippen LogP contribution in [0.15, 0.2) is 65.8 Å². The molecule has 3 nitrogen and oxygen atoms in total. The van der Waals surface area contributed by atoms with Crippen molar-refractivity contribution in [1.82, 2.24) is 0 Å². The molecule has 2 aromatic carbocycles. The van der Waals surface area contributed by atoms with Crippen molar-refractivity contribution in [2.45, 2.75) is 6.42 Å². The summed E-state index contributed by atoms with van der Waals surface area (Å²) in [5.74, 6) is -0.199. The highest BCUT2D eigenvalue weighted by molar-refractivity contribution is 6.46. The van der Waals surface area contributed by atoms with Crippen LogP contribution in [0.5, 0.6) is 0 Å². The van der Waals surface area contributed by atoms with Gasteiger partial charge in [-0.25, -0.2) is 0 Å². The first-order chi connectivity index (χ1) is 8.81. The fourth-order valence-electron chi connectivity index (χ4n) is 1.74. The lowest BCUT2D eigenvalue weighted by Crippen LogP contribution is -2.17. The van der Waals surface area contributed by atoms with Gasteiger partial charge in [0.15, 0.2) is 11.5 Å². The van der Waals surface area contributed by atoms with Gasteiger partial charge in [-0.2, -0.15) is 0 Å². The second kappa shape index (κ2) is 5.77. The molecule has 0 spiro atoms. The van der Waals surface area contributed by atoms with Crippen molar-refractivity contribution >= 4 is 11.5 Å². The Kier molecular flexibility index (Phi) is 3.86. The lowest BCUT2D eigenvalue weighted by atomic mass is 10.0. The fraction of sp³-hybridized carbons (Fsp3) is 0.0667. The summed E-state index contributed by atoms with van der Waals surface area (Å²) in [7, 11) is 0. The van der Waals surface area contributed by atoms with Gasteiger partial charge in [0, 0.05) is 12.0 Å². The third-order valence-electron chi connectivity index (χ3n) is 2.62. The van der Waals surface area contributed by atoms with Crippen molar-refractivity contribution in [2.24, 2.45) is 5.16 Å². The van der Waals surface area contributed by atoms with E-state index in [1.807, 2.05) is 36.4 Å². The van der Waals surface area contributed by atoms with Gasteiger partial charge in [-0.3, -0.25) is 4.79 Å². The predicted molar refractivity (Wildman–Crippen MR) is 69.9 cm³/mol. The van der Waals surface area contributed by atoms with Crippen molar-refractivity contribution in [3.05, 3.63) is 71.8 Å². The van der Waals surface area contributed by atoms with Gasteiger partial charge in [0.25, 0.3) is 0 Å². The minimum absolute atomic E-state index is 0.0967. The lowest BCUT2D eigenvalue weighted by Gasteiger charge is -2.03. The summed E-state index contributed by atoms with van der Waals surface area (Å²) in [5.41, 5.74) is 1.62. The third kappa shape index (κ3) is 2.83. The highest BCUT2D eigenvalue weighted by Gasteiger charge is 2.14. The van der Waals surface area contributed by atoms with Gasteiger partial charge in [0.1, 0.15) is 0 Å². The maximum absolute atomic E-state index is 12.1. The van der Waals surface area contributed by atoms with Crippen LogP contribution in [0.2, 0.25) is 0 Å². The largest absolute Gasteiger partial charge is 0.410 e. The molecule has 0 saturated heterocycles. The number of hydrogen-bond donors (Lipinski definition) is 1. The molecule has 0 aliphatic heterocycles. The van der Waals surface area contributed by atoms with Crippen molar-refractivity contribution in [3.63, 3.8) is 0 Å². The van der Waals surface area contributed by atoms with Crippen LogP contribution in [0.3, 0.4) is 0 Å². The minimum Gasteiger partial charge on any atom is -0.410 e. The van der Waals surface area contributed by atoms with Crippen LogP contribution in [0, 0.1) is 0 Å². The van der Waals surface area contributed by atoms with Crippen LogP contribution in [-0.2, 0) is 11.2 Å². The lowest BCUT2D eigenvalue weighted by molar-refractivity contribution is -0.112. The highest BCUT2D eigenvalue weighted by atomic mass is 16.4. The van der Waals surface area contributed by atoms with Gasteiger partial charge in [0.2, 0.25) is 0 Å². The van der Waals surface area contributed by atoms with E-state index < -0.39 is 0 Å². The molecular weight excluding hydrogens is 226 g/mol. The number of nitrogens with zero attached hydrogens (tertiary/aromatic N) is 1. The molecule has 0 atom stereocenters. The summed E-state index contributed by atoms with van der Waals surface area (Å²) in [6, 6.07) is 18.3. The summed E-state index contributed by atoms with van der Waals surface area (Å²) < 4.78 is 0. The smallest absolute Gasteiger partial charge is 0.189 e. The number of carbonyl (C=O) groups excluding carboxylic acids is 1. The molecule has 2 rings (SSSR count). The molecule has 0 radical (unpaired) electrons. The van der Waals surface area contributed by atoms with Crippen LogP contribution in [0.4, 0.5) is 0 Å². The van der Waals surface area contributed by atoms with Crippen LogP contribution in [0.25, 0.3) is 0 Å². The summed E-state index contributed by atoms with van der Waals surface area (Å²) >= 11 is 0. The van der Waals surface area contributed by atoms with E-state index in [0.29, 0.717) is 5.56 Å². The maximum atomic E-state index is 12.1. The minimum atomic E-state index is -0.199. The number of ketones is 1. The quantitative estimate of drug-likeness (QED) is 0.506. The topological polar surface area (TPSA) is 49.7 Å². The first-order valence-electron chi connectivity index (χ1n) is 5.66. The molecule has 2 aromatic rings. The Morgan fingerprint density at radius 2 is 1.50 bits per heavy atom. The molecule has 0 bridgehead atoms. The molecule has 0 fully saturated rings. The number of benzene rings is 2. The van der Waals surface area contributed by atoms with Gasteiger partial charge in [-0.1, -0.05) is 65.8 Å². The zero-order chi connectivity index (χ0) is 12.8. The van der Waals surface area contributed by atoms with Gasteiger partial charge in [0.05, 0.1) is 0 Å². The van der Waals surface area contributed by atoms with E-state index in [0.717, 1.165) is 5.56 Å². The molecule has 0 aliphatic rings. The van der Waals surface area contributed by atoms with Crippen molar-refractivity contribution < 1.29 is 10.0 Å². The van der Waals surface area contributed by atoms with Crippen molar-refractivity contribution in [2.75, 3.05) is 0 Å². The molecule has 90 valence electrons. The number of hydrogen-bond acceptors (Lipinski definition) is 3. The molecule has 3 heteroatoms. The predicted octanol–water partition coefficient (Wildman–Crippen LogP) is 2.68. The number of carbonyl (C=O) groups is 1. The van der Waals surface area contributed by atoms with Crippen LogP contribution < -0.4 is 0 Å². The van der Waals surface area contributed by atoms with E-state index in [-0.39, 0.29) is 17.9 Å². The number of rotatable bonds is 4. The molecule has 18 heavy (non-hydrogen) atoms. The van der Waals surface area contributed by atoms with E-state index in [9.17, 15) is 4.79 Å². The molecule has 1 N–H and O–H groups in total. The SMILES string of the molecule is O=C(Cc1ccccc1)/C(=N/O)c1ccccc1. The molecule has 0 heterocycles. The molecule has 0 aromatic heterocycles. The van der Waals surface area contributed by atoms with Gasteiger partial charge >= 0.3 is 0 Å². The van der Waals surface area contributed by atoms with Gasteiger partial charge < -0.3 is 5.21 Å². The van der Waals surface area contributed by atoms with Crippen LogP contribution in [-0.4, -0.2) is 16.7 Å². The summed E-state index contributed by atoms with van der Waals surface area (Å²) in [4.78, 5) is 12.1. The third-order valence-corrected chi connectivity index (χ3v) is 2.62. The maximum Gasteiger partial charge on any atom is 0.189 e. The van der Waals surface area contributed by atoms with Gasteiger partial charge in [-0.05, 0) is 5.56 Å². The average molecular weight is 239 g/mol. The van der Waals surface area contributed by atoms with Gasteiger partial charge in [-0.15, -0.1) is 0 Å². The van der Waals surface area contributed by atoms with Crippen molar-refractivity contribution in [1.29, 1.82) is 0 Å². The standard InChI is InChI=1S/C15H13NO2/c17-14(11-12-7-3-1-4-8-12)15(16-18)13-9-5-2-6-10-13/h1-10,18H,11H2/b16-15+. The average Bonchev–Trinajstić information content (AvgIpc) is 2.42. The zero-order valence-corrected chi connectivity index (χ0v) is 9.78. The van der Waals surface area contributed by atoms with E-state index >= 15 is 0 Å². The summed E-state index contributed by atoms with van der Waals surface area (Å²) in [6.45, 7) is 0. The molecule has 0 aliphatic carbocycles. The van der Waals surface area contributed by atoms with Crippen LogP contribution in [0.1, 0.15) is 11.1 Å². The molecule has 0 amide bonds. The Morgan fingerprint density at radius 1 is 0.944 bits per heavy atom. The Hall–Kier alpha value is -2.42.